The van der Waals surface area contributed by atoms with Crippen molar-refractivity contribution in [3.8, 4) is 0 Å². The number of nitrogens with zero attached hydrogens (tertiary/aromatic N) is 2. The molecule has 1 aliphatic rings. The number of benzene rings is 1. The Hall–Kier alpha value is -1.42. The van der Waals surface area contributed by atoms with Crippen LogP contribution in [-0.4, -0.2) is 10.2 Å². The summed E-state index contributed by atoms with van der Waals surface area (Å²) in [6.45, 7) is 4.43. The lowest BCUT2D eigenvalue weighted by molar-refractivity contribution is 0.534. The van der Waals surface area contributed by atoms with Crippen LogP contribution in [0.3, 0.4) is 0 Å². The molecule has 0 aliphatic heterocycles. The average molecular weight is 273 g/mol. The topological polar surface area (TPSA) is 37.8 Å². The predicted molar refractivity (Wildman–Crippen MR) is 79.7 cm³/mol. The number of hydrogen-bond donors (Lipinski definition) is 1. The van der Waals surface area contributed by atoms with Gasteiger partial charge in [0.15, 0.2) is 0 Å². The van der Waals surface area contributed by atoms with E-state index < -0.39 is 0 Å². The molecule has 2 aromatic rings. The zero-order valence-electron chi connectivity index (χ0n) is 11.4. The van der Waals surface area contributed by atoms with Crippen molar-refractivity contribution in [3.63, 3.8) is 0 Å². The largest absolute Gasteiger partial charge is 0.353 e. The summed E-state index contributed by atoms with van der Waals surface area (Å²) in [4.78, 5) is 0. The lowest BCUT2D eigenvalue weighted by Crippen LogP contribution is -2.19. The van der Waals surface area contributed by atoms with E-state index in [2.05, 4.69) is 53.6 Å². The van der Waals surface area contributed by atoms with Gasteiger partial charge < -0.3 is 5.32 Å². The van der Waals surface area contributed by atoms with Gasteiger partial charge >= 0.3 is 0 Å². The second kappa shape index (κ2) is 5.29. The molecule has 1 heterocycles. The van der Waals surface area contributed by atoms with E-state index in [0.717, 1.165) is 16.6 Å². The van der Waals surface area contributed by atoms with E-state index in [1.807, 2.05) is 0 Å². The van der Waals surface area contributed by atoms with Crippen molar-refractivity contribution in [1.29, 1.82) is 0 Å². The van der Waals surface area contributed by atoms with Gasteiger partial charge in [-0.05, 0) is 36.3 Å². The van der Waals surface area contributed by atoms with Crippen LogP contribution in [0.4, 0.5) is 5.13 Å². The summed E-state index contributed by atoms with van der Waals surface area (Å²) in [6, 6.07) is 9.14. The second-order valence-corrected chi connectivity index (χ2v) is 6.22. The number of fused-ring (bicyclic) bond motifs is 1. The maximum absolute atomic E-state index is 4.23. The van der Waals surface area contributed by atoms with Crippen molar-refractivity contribution >= 4 is 16.5 Å². The minimum absolute atomic E-state index is 0.380. The van der Waals surface area contributed by atoms with Gasteiger partial charge in [-0.1, -0.05) is 49.4 Å². The fourth-order valence-electron chi connectivity index (χ4n) is 2.76. The van der Waals surface area contributed by atoms with Gasteiger partial charge in [0.05, 0.1) is 6.04 Å². The van der Waals surface area contributed by atoms with Crippen LogP contribution >= 0.6 is 11.3 Å². The molecule has 0 bridgehead atoms. The molecule has 0 fully saturated rings. The summed E-state index contributed by atoms with van der Waals surface area (Å²) >= 11 is 1.67. The first kappa shape index (κ1) is 12.6. The number of aryl methyl sites for hydroxylation is 1. The number of rotatable bonds is 3. The van der Waals surface area contributed by atoms with Gasteiger partial charge in [0.25, 0.3) is 0 Å². The second-order valence-electron chi connectivity index (χ2n) is 5.16. The molecule has 3 nitrogen and oxygen atoms in total. The van der Waals surface area contributed by atoms with Crippen molar-refractivity contribution in [3.05, 3.63) is 40.4 Å². The summed E-state index contributed by atoms with van der Waals surface area (Å²) in [5.41, 5.74) is 2.90. The first-order chi connectivity index (χ1) is 9.28. The summed E-state index contributed by atoms with van der Waals surface area (Å²) < 4.78 is 0. The minimum atomic E-state index is 0.380. The fraction of sp³-hybridized carbons (Fsp3) is 0.467. The van der Waals surface area contributed by atoms with Gasteiger partial charge in [-0.25, -0.2) is 0 Å². The van der Waals surface area contributed by atoms with E-state index in [-0.39, 0.29) is 0 Å². The third-order valence-corrected chi connectivity index (χ3v) is 4.86. The highest BCUT2D eigenvalue weighted by molar-refractivity contribution is 7.15. The van der Waals surface area contributed by atoms with Crippen LogP contribution in [0.2, 0.25) is 0 Å². The van der Waals surface area contributed by atoms with Crippen molar-refractivity contribution in [1.82, 2.24) is 10.2 Å². The normalized spacial score (nSPS) is 22.0. The van der Waals surface area contributed by atoms with E-state index in [9.17, 15) is 0 Å². The monoisotopic (exact) mass is 273 g/mol. The number of aromatic nitrogens is 2. The highest BCUT2D eigenvalue weighted by atomic mass is 32.1. The molecule has 1 aliphatic carbocycles. The van der Waals surface area contributed by atoms with Gasteiger partial charge in [0.2, 0.25) is 5.13 Å². The first-order valence-electron chi connectivity index (χ1n) is 6.95. The third-order valence-electron chi connectivity index (χ3n) is 3.86. The Kier molecular flexibility index (Phi) is 3.51. The third kappa shape index (κ3) is 2.50. The number of hydrogen-bond acceptors (Lipinski definition) is 4. The summed E-state index contributed by atoms with van der Waals surface area (Å²) in [6.07, 6.45) is 3.35. The van der Waals surface area contributed by atoms with Crippen LogP contribution in [0, 0.1) is 0 Å². The Morgan fingerprint density at radius 3 is 2.74 bits per heavy atom. The van der Waals surface area contributed by atoms with E-state index in [0.29, 0.717) is 12.0 Å². The quantitative estimate of drug-likeness (QED) is 0.913. The zero-order chi connectivity index (χ0) is 13.2. The zero-order valence-corrected chi connectivity index (χ0v) is 12.2. The summed E-state index contributed by atoms with van der Waals surface area (Å²) in [7, 11) is 0. The molecule has 0 amide bonds. The first-order valence-corrected chi connectivity index (χ1v) is 7.77. The van der Waals surface area contributed by atoms with Crippen LogP contribution in [0.1, 0.15) is 54.8 Å². The fourth-order valence-corrected chi connectivity index (χ4v) is 3.49. The highest BCUT2D eigenvalue weighted by Crippen LogP contribution is 2.39. The van der Waals surface area contributed by atoms with Crippen molar-refractivity contribution in [2.45, 2.75) is 45.1 Å². The van der Waals surface area contributed by atoms with Crippen molar-refractivity contribution in [2.75, 3.05) is 5.32 Å². The molecule has 2 atom stereocenters. The minimum Gasteiger partial charge on any atom is -0.353 e. The lowest BCUT2D eigenvalue weighted by Gasteiger charge is -2.30. The van der Waals surface area contributed by atoms with Crippen LogP contribution in [-0.2, 0) is 6.42 Å². The molecule has 1 N–H and O–H groups in total. The van der Waals surface area contributed by atoms with E-state index in [1.54, 1.807) is 11.3 Å². The molecular weight excluding hydrogens is 254 g/mol. The van der Waals surface area contributed by atoms with Gasteiger partial charge in [0.1, 0.15) is 5.01 Å². The molecule has 0 spiro atoms. The molecule has 3 rings (SSSR count). The Balaban J connectivity index is 1.84. The van der Waals surface area contributed by atoms with Crippen LogP contribution in [0.15, 0.2) is 24.3 Å². The average Bonchev–Trinajstić information content (AvgIpc) is 2.90. The molecule has 1 aromatic heterocycles. The van der Waals surface area contributed by atoms with Gasteiger partial charge in [0, 0.05) is 0 Å². The van der Waals surface area contributed by atoms with E-state index in [1.165, 1.54) is 24.0 Å². The Morgan fingerprint density at radius 1 is 1.21 bits per heavy atom. The van der Waals surface area contributed by atoms with Crippen LogP contribution in [0.25, 0.3) is 0 Å². The molecule has 4 heteroatoms. The SMILES string of the molecule is CCc1nnc(NC2CCC(C)c3ccccc32)s1. The van der Waals surface area contributed by atoms with Crippen LogP contribution < -0.4 is 5.32 Å². The van der Waals surface area contributed by atoms with Crippen molar-refractivity contribution in [2.24, 2.45) is 0 Å². The molecule has 0 saturated heterocycles. The van der Waals surface area contributed by atoms with E-state index in [4.69, 9.17) is 0 Å². The summed E-state index contributed by atoms with van der Waals surface area (Å²) in [5, 5.41) is 14.0. The molecule has 1 aromatic carbocycles. The molecular formula is C15H19N3S. The Morgan fingerprint density at radius 2 is 2.00 bits per heavy atom. The lowest BCUT2D eigenvalue weighted by atomic mass is 9.81. The standard InChI is InChI=1S/C15H19N3S/c1-3-14-17-18-15(19-14)16-13-9-8-10(2)11-6-4-5-7-12(11)13/h4-7,10,13H,3,8-9H2,1-2H3,(H,16,18). The Bertz CT molecular complexity index is 564. The van der Waals surface area contributed by atoms with E-state index >= 15 is 0 Å². The number of anilines is 1. The maximum Gasteiger partial charge on any atom is 0.206 e. The maximum atomic E-state index is 4.23. The molecule has 100 valence electrons. The predicted octanol–water partition coefficient (Wildman–Crippen LogP) is 4.15. The smallest absolute Gasteiger partial charge is 0.206 e. The summed E-state index contributed by atoms with van der Waals surface area (Å²) in [5.74, 6) is 0.662. The van der Waals surface area contributed by atoms with Gasteiger partial charge in [-0.3, -0.25) is 0 Å². The molecule has 0 radical (unpaired) electrons. The molecule has 19 heavy (non-hydrogen) atoms. The van der Waals surface area contributed by atoms with Gasteiger partial charge in [-0.2, -0.15) is 0 Å². The molecule has 2 unspecified atom stereocenters. The van der Waals surface area contributed by atoms with Crippen molar-refractivity contribution < 1.29 is 0 Å². The van der Waals surface area contributed by atoms with Gasteiger partial charge in [-0.15, -0.1) is 10.2 Å². The highest BCUT2D eigenvalue weighted by Gasteiger charge is 2.24. The van der Waals surface area contributed by atoms with Crippen LogP contribution in [0.5, 0.6) is 0 Å². The molecule has 0 saturated carbocycles. The Labute approximate surface area is 118 Å². The number of nitrogens with one attached hydrogen (secondary N) is 1.